The topological polar surface area (TPSA) is 226 Å². The smallest absolute Gasteiger partial charge is 0.330 e. The molecule has 4 aromatic carbocycles. The minimum Gasteiger partial charge on any atom is -0.497 e. The molecule has 0 spiro atoms. The minimum atomic E-state index is -1.98. The number of nitrogens with zero attached hydrogens (tertiary/aromatic N) is 3. The largest absolute Gasteiger partial charge is 0.497 e. The molecule has 1 aliphatic rings. The molecule has 0 radical (unpaired) electrons. The number of aliphatic hydroxyl groups is 1. The summed E-state index contributed by atoms with van der Waals surface area (Å²) >= 11 is 5.76. The summed E-state index contributed by atoms with van der Waals surface area (Å²) in [4.78, 5) is 90.1. The van der Waals surface area contributed by atoms with Gasteiger partial charge in [-0.05, 0) is 72.3 Å². The molecule has 18 nitrogen and oxygen atoms in total. The van der Waals surface area contributed by atoms with E-state index in [4.69, 9.17) is 30.5 Å². The third kappa shape index (κ3) is 14.5. The van der Waals surface area contributed by atoms with Crippen LogP contribution in [0, 0.1) is 5.92 Å². The fourth-order valence-electron chi connectivity index (χ4n) is 9.56. The molecule has 19 heteroatoms. The molecular weight excluding hydrogens is 996 g/mol. The summed E-state index contributed by atoms with van der Waals surface area (Å²) in [5.41, 5.74) is -0.654. The second-order valence-corrected chi connectivity index (χ2v) is 19.3. The Balaban J connectivity index is 1.58. The summed E-state index contributed by atoms with van der Waals surface area (Å²) < 4.78 is 24.5. The number of hydrogen-bond acceptors (Lipinski definition) is 12. The second-order valence-electron chi connectivity index (χ2n) is 18.8. The van der Waals surface area contributed by atoms with Gasteiger partial charge in [0.15, 0.2) is 11.6 Å². The molecule has 9 atom stereocenters. The molecule has 0 aliphatic carbocycles. The molecule has 5 rings (SSSR count). The van der Waals surface area contributed by atoms with E-state index >= 15 is 9.59 Å². The molecule has 1 fully saturated rings. The number of rotatable bonds is 28. The number of halogens is 1. The van der Waals surface area contributed by atoms with Crippen molar-refractivity contribution >= 4 is 47.1 Å². The molecular formula is C57H75ClN6O12. The van der Waals surface area contributed by atoms with E-state index in [1.165, 1.54) is 16.8 Å². The summed E-state index contributed by atoms with van der Waals surface area (Å²) in [6.45, 7) is 9.50. The van der Waals surface area contributed by atoms with Crippen LogP contribution in [0.4, 0.5) is 0 Å². The molecule has 0 aromatic heterocycles. The first-order valence-electron chi connectivity index (χ1n) is 25.8. The first-order chi connectivity index (χ1) is 36.4. The summed E-state index contributed by atoms with van der Waals surface area (Å²) in [5.74, 6) is -4.13. The number of ether oxygens (including phenoxy) is 4. The fraction of sp³-hybridized carbons (Fsp3) is 0.474. The number of methoxy groups -OCH3 is 2. The lowest BCUT2D eigenvalue weighted by molar-refractivity contribution is -0.153. The Labute approximate surface area is 451 Å². The zero-order chi connectivity index (χ0) is 55.7. The summed E-state index contributed by atoms with van der Waals surface area (Å²) in [6.07, 6.45) is 0.181. The molecule has 5 amide bonds. The van der Waals surface area contributed by atoms with Crippen LogP contribution < -0.4 is 25.4 Å². The summed E-state index contributed by atoms with van der Waals surface area (Å²) in [7, 11) is 6.07. The Morgan fingerprint density at radius 2 is 1.28 bits per heavy atom. The lowest BCUT2D eigenvalue weighted by Crippen LogP contribution is -2.61. The maximum Gasteiger partial charge on any atom is 0.330 e. The number of aliphatic hydroxyl groups excluding tert-OH is 1. The summed E-state index contributed by atoms with van der Waals surface area (Å²) in [5, 5.41) is 28.2. The monoisotopic (exact) mass is 1070 g/mol. The van der Waals surface area contributed by atoms with Gasteiger partial charge in [0.05, 0.1) is 33.0 Å². The highest BCUT2D eigenvalue weighted by Gasteiger charge is 2.48. The van der Waals surface area contributed by atoms with Gasteiger partial charge in [-0.3, -0.25) is 24.0 Å². The van der Waals surface area contributed by atoms with E-state index in [1.54, 1.807) is 65.4 Å². The second kappa shape index (κ2) is 28.5. The first kappa shape index (κ1) is 60.3. The van der Waals surface area contributed by atoms with Crippen molar-refractivity contribution in [2.75, 3.05) is 54.6 Å². The van der Waals surface area contributed by atoms with E-state index in [9.17, 15) is 29.4 Å². The Bertz CT molecular complexity index is 2470. The third-order valence-electron chi connectivity index (χ3n) is 14.1. The average molecular weight is 1070 g/mol. The van der Waals surface area contributed by atoms with E-state index < -0.39 is 89.0 Å². The number of carbonyl (C=O) groups excluding carboxylic acids is 5. The number of benzene rings is 4. The highest BCUT2D eigenvalue weighted by Crippen LogP contribution is 2.42. The molecule has 76 heavy (non-hydrogen) atoms. The van der Waals surface area contributed by atoms with E-state index in [-0.39, 0.29) is 38.5 Å². The number of likely N-dealkylation sites (N-methyl/N-ethyl adjacent to an activating group) is 3. The number of carboxylic acids is 1. The normalized spacial score (nSPS) is 17.2. The number of carboxylic acid groups (broad SMARTS) is 1. The highest BCUT2D eigenvalue weighted by molar-refractivity contribution is 6.21. The highest BCUT2D eigenvalue weighted by atomic mass is 35.5. The van der Waals surface area contributed by atoms with Gasteiger partial charge in [-0.1, -0.05) is 131 Å². The van der Waals surface area contributed by atoms with Crippen molar-refractivity contribution < 1.29 is 57.9 Å². The van der Waals surface area contributed by atoms with Gasteiger partial charge in [-0.2, -0.15) is 0 Å². The maximum atomic E-state index is 15.7. The first-order valence-corrected chi connectivity index (χ1v) is 26.2. The number of likely N-dealkylation sites (tertiary alicyclic amines) is 1. The van der Waals surface area contributed by atoms with Crippen LogP contribution in [-0.4, -0.2) is 163 Å². The van der Waals surface area contributed by atoms with Crippen LogP contribution in [0.3, 0.4) is 0 Å². The zero-order valence-electron chi connectivity index (χ0n) is 44.9. The molecule has 0 saturated carbocycles. The molecule has 412 valence electrons. The van der Waals surface area contributed by atoms with E-state index in [1.807, 2.05) is 99.6 Å². The van der Waals surface area contributed by atoms with Crippen LogP contribution in [0.2, 0.25) is 0 Å². The van der Waals surface area contributed by atoms with Crippen molar-refractivity contribution in [3.8, 4) is 11.5 Å². The molecule has 1 unspecified atom stereocenters. The Morgan fingerprint density at radius 3 is 1.76 bits per heavy atom. The molecule has 4 aromatic rings. The van der Waals surface area contributed by atoms with Gasteiger partial charge in [0, 0.05) is 40.1 Å². The predicted molar refractivity (Wildman–Crippen MR) is 288 cm³/mol. The lowest BCUT2D eigenvalue weighted by atomic mass is 9.80. The van der Waals surface area contributed by atoms with E-state index in [2.05, 4.69) is 16.0 Å². The van der Waals surface area contributed by atoms with Gasteiger partial charge in [-0.15, -0.1) is 0 Å². The predicted octanol–water partition coefficient (Wildman–Crippen LogP) is 4.96. The van der Waals surface area contributed by atoms with E-state index in [0.717, 1.165) is 4.90 Å². The van der Waals surface area contributed by atoms with Gasteiger partial charge >= 0.3 is 5.97 Å². The quantitative estimate of drug-likeness (QED) is 0.0375. The van der Waals surface area contributed by atoms with Crippen LogP contribution in [-0.2, 0) is 50.3 Å². The fourth-order valence-corrected chi connectivity index (χ4v) is 9.73. The number of hydrogen-bond donors (Lipinski definition) is 5. The van der Waals surface area contributed by atoms with Gasteiger partial charge in [-0.25, -0.2) is 4.79 Å². The number of amides is 5. The average Bonchev–Trinajstić information content (AvgIpc) is 3.87. The van der Waals surface area contributed by atoms with Crippen molar-refractivity contribution in [3.63, 3.8) is 0 Å². The van der Waals surface area contributed by atoms with Crippen LogP contribution in [0.1, 0.15) is 76.1 Å². The van der Waals surface area contributed by atoms with Crippen LogP contribution in [0.15, 0.2) is 109 Å². The van der Waals surface area contributed by atoms with Crippen molar-refractivity contribution in [2.45, 2.75) is 114 Å². The van der Waals surface area contributed by atoms with Crippen LogP contribution >= 0.6 is 11.6 Å². The SMILES string of the molecule is CCN[C@@H](CC)C(=O)N(C)[C@@H](COC(c1ccccc1)(c1ccc(OC)cc1)c1ccc(OC)cc1)C(=O)N1C[C@H](OCC)C[C@H]1C(=O)N[C@H](C(=O)N(C)[C@@H](Cc1ccccc1)C(=O)N[C@H](C(=O)O)C(O)Cl)[C@@H](C)CC. The summed E-state index contributed by atoms with van der Waals surface area (Å²) in [6, 6.07) is 25.4. The van der Waals surface area contributed by atoms with Gasteiger partial charge in [0.2, 0.25) is 29.5 Å². The van der Waals surface area contributed by atoms with Crippen LogP contribution in [0.5, 0.6) is 11.5 Å². The van der Waals surface area contributed by atoms with Gasteiger partial charge in [0.25, 0.3) is 0 Å². The molecule has 0 bridgehead atoms. The number of alkyl halides is 1. The van der Waals surface area contributed by atoms with Crippen molar-refractivity contribution in [1.29, 1.82) is 0 Å². The van der Waals surface area contributed by atoms with Crippen LogP contribution in [0.25, 0.3) is 0 Å². The van der Waals surface area contributed by atoms with Crippen molar-refractivity contribution in [3.05, 3.63) is 131 Å². The number of nitrogens with one attached hydrogen (secondary N) is 3. The van der Waals surface area contributed by atoms with Crippen molar-refractivity contribution in [2.24, 2.45) is 5.92 Å². The van der Waals surface area contributed by atoms with Gasteiger partial charge in [0.1, 0.15) is 41.3 Å². The third-order valence-corrected chi connectivity index (χ3v) is 14.4. The lowest BCUT2D eigenvalue weighted by Gasteiger charge is -2.40. The molecule has 1 saturated heterocycles. The molecule has 5 N–H and O–H groups in total. The standard InChI is InChI=1S/C57H75ClN6O12/c1-10-36(5)48(55(70)62(6)45(32-37-20-16-14-17-21-37)51(66)61-49(50(58)65)56(71)72)60-52(67)46-33-43(75-13-4)34-64(46)54(69)47(63(7)53(68)44(11-2)59-12-3)35-76-57(38-22-18-15-19-23-38,39-24-28-41(73-8)29-25-39)40-26-30-42(74-9)31-27-40/h14-31,36,43-50,59,65H,10-13,32-35H2,1-9H3,(H,60,67)(H,61,66)(H,71,72)/t36-,43+,44-,45-,46-,47-,48-,49-,50?/m0/s1. The Morgan fingerprint density at radius 1 is 0.737 bits per heavy atom. The Hall–Kier alpha value is -6.57. The van der Waals surface area contributed by atoms with Crippen molar-refractivity contribution in [1.82, 2.24) is 30.7 Å². The minimum absolute atomic E-state index is 0.0349. The zero-order valence-corrected chi connectivity index (χ0v) is 45.7. The Kier molecular flexibility index (Phi) is 22.6. The van der Waals surface area contributed by atoms with E-state index in [0.29, 0.717) is 53.1 Å². The molecule has 1 heterocycles. The maximum absolute atomic E-state index is 15.7. The number of aliphatic carboxylic acids is 1. The van der Waals surface area contributed by atoms with Gasteiger partial charge < -0.3 is 59.8 Å². The number of carbonyl (C=O) groups is 6. The molecule has 1 aliphatic heterocycles.